The number of hydrogen-bond acceptors (Lipinski definition) is 5. The van der Waals surface area contributed by atoms with Gasteiger partial charge in [-0.15, -0.1) is 0 Å². The van der Waals surface area contributed by atoms with Gasteiger partial charge in [-0.25, -0.2) is 14.0 Å². The highest BCUT2D eigenvalue weighted by atomic mass is 19.1. The first-order chi connectivity index (χ1) is 14.6. The number of ether oxygens (including phenoxy) is 2. The van der Waals surface area contributed by atoms with Crippen LogP contribution in [0.4, 0.5) is 9.18 Å². The molecule has 0 radical (unpaired) electrons. The Morgan fingerprint density at radius 2 is 1.90 bits per heavy atom. The van der Waals surface area contributed by atoms with Crippen molar-refractivity contribution in [3.63, 3.8) is 0 Å². The van der Waals surface area contributed by atoms with Crippen LogP contribution in [0.3, 0.4) is 0 Å². The second kappa shape index (κ2) is 9.24. The van der Waals surface area contributed by atoms with Crippen LogP contribution in [0.5, 0.6) is 0 Å². The predicted octanol–water partition coefficient (Wildman–Crippen LogP) is 3.72. The quantitative estimate of drug-likeness (QED) is 0.661. The smallest absolute Gasteiger partial charge is 0.411 e. The minimum atomic E-state index is -0.722. The van der Waals surface area contributed by atoms with Crippen molar-refractivity contribution in [1.29, 1.82) is 0 Å². The van der Waals surface area contributed by atoms with Gasteiger partial charge in [-0.2, -0.15) is 0 Å². The molecule has 7 nitrogen and oxygen atoms in total. The molecule has 0 bridgehead atoms. The molecule has 1 unspecified atom stereocenters. The number of rotatable bonds is 5. The van der Waals surface area contributed by atoms with Crippen LogP contribution < -0.4 is 0 Å². The number of hydrogen-bond donors (Lipinski definition) is 0. The first-order valence-electron chi connectivity index (χ1n) is 10.7. The SMILES string of the molecule is COC(=O)c1cc(C2CCCN(C(=O)CN(C(=O)OC(C)(C)C)C3CC3)C2)ccc1F. The molecule has 1 aliphatic heterocycles. The van der Waals surface area contributed by atoms with Crippen LogP contribution in [0.2, 0.25) is 0 Å². The molecule has 1 saturated carbocycles. The fourth-order valence-electron chi connectivity index (χ4n) is 3.83. The third-order valence-corrected chi connectivity index (χ3v) is 5.56. The summed E-state index contributed by atoms with van der Waals surface area (Å²) in [6.45, 7) is 6.46. The van der Waals surface area contributed by atoms with Crippen LogP contribution in [-0.4, -0.2) is 66.2 Å². The fraction of sp³-hybridized carbons (Fsp3) is 0.609. The van der Waals surface area contributed by atoms with E-state index < -0.39 is 23.5 Å². The summed E-state index contributed by atoms with van der Waals surface area (Å²) in [7, 11) is 1.21. The van der Waals surface area contributed by atoms with E-state index in [0.29, 0.717) is 13.1 Å². The first kappa shape index (κ1) is 23.0. The van der Waals surface area contributed by atoms with Gasteiger partial charge in [0.15, 0.2) is 0 Å². The van der Waals surface area contributed by atoms with E-state index in [2.05, 4.69) is 4.74 Å². The minimum absolute atomic E-state index is 0.0108. The monoisotopic (exact) mass is 434 g/mol. The maximum absolute atomic E-state index is 14.0. The van der Waals surface area contributed by atoms with Crippen LogP contribution in [0.15, 0.2) is 18.2 Å². The van der Waals surface area contributed by atoms with Crippen LogP contribution in [0, 0.1) is 5.82 Å². The van der Waals surface area contributed by atoms with Gasteiger partial charge in [0.05, 0.1) is 12.7 Å². The van der Waals surface area contributed by atoms with Gasteiger partial charge in [0, 0.05) is 25.0 Å². The van der Waals surface area contributed by atoms with Crippen LogP contribution in [0.1, 0.15) is 68.3 Å². The zero-order valence-corrected chi connectivity index (χ0v) is 18.7. The second-order valence-electron chi connectivity index (χ2n) is 9.25. The molecule has 8 heteroatoms. The highest BCUT2D eigenvalue weighted by molar-refractivity contribution is 5.89. The van der Waals surface area contributed by atoms with Crippen LogP contribution in [-0.2, 0) is 14.3 Å². The molecular formula is C23H31FN2O5. The second-order valence-corrected chi connectivity index (χ2v) is 9.25. The summed E-state index contributed by atoms with van der Waals surface area (Å²) in [5.74, 6) is -1.49. The number of methoxy groups -OCH3 is 1. The molecule has 3 rings (SSSR count). The first-order valence-corrected chi connectivity index (χ1v) is 10.7. The summed E-state index contributed by atoms with van der Waals surface area (Å²) in [4.78, 5) is 40.7. The van der Waals surface area contributed by atoms with Gasteiger partial charge in [0.1, 0.15) is 18.0 Å². The summed E-state index contributed by atoms with van der Waals surface area (Å²) in [6, 6.07) is 4.48. The average molecular weight is 435 g/mol. The van der Waals surface area contributed by atoms with Crippen molar-refractivity contribution < 1.29 is 28.2 Å². The molecule has 1 aromatic carbocycles. The zero-order chi connectivity index (χ0) is 22.8. The number of esters is 1. The van der Waals surface area contributed by atoms with E-state index >= 15 is 0 Å². The lowest BCUT2D eigenvalue weighted by atomic mass is 9.89. The topological polar surface area (TPSA) is 76.2 Å². The van der Waals surface area contributed by atoms with Crippen LogP contribution in [0.25, 0.3) is 0 Å². The van der Waals surface area contributed by atoms with E-state index in [9.17, 15) is 18.8 Å². The Labute approximate surface area is 182 Å². The van der Waals surface area contributed by atoms with E-state index in [1.54, 1.807) is 31.7 Å². The number of nitrogens with zero attached hydrogens (tertiary/aromatic N) is 2. The van der Waals surface area contributed by atoms with Gasteiger partial charge in [0.25, 0.3) is 0 Å². The fourth-order valence-corrected chi connectivity index (χ4v) is 3.83. The Morgan fingerprint density at radius 3 is 2.52 bits per heavy atom. The lowest BCUT2D eigenvalue weighted by Gasteiger charge is -2.35. The van der Waals surface area contributed by atoms with Crippen molar-refractivity contribution in [2.45, 2.75) is 64.0 Å². The average Bonchev–Trinajstić information content (AvgIpc) is 3.55. The highest BCUT2D eigenvalue weighted by Gasteiger charge is 2.38. The summed E-state index contributed by atoms with van der Waals surface area (Å²) < 4.78 is 24.1. The third kappa shape index (κ3) is 5.95. The van der Waals surface area contributed by atoms with Gasteiger partial charge >= 0.3 is 12.1 Å². The normalized spacial score (nSPS) is 19.0. The Bertz CT molecular complexity index is 847. The standard InChI is InChI=1S/C23H31FN2O5/c1-23(2,3)31-22(29)26(17-8-9-17)14-20(27)25-11-5-6-16(13-25)15-7-10-19(24)18(12-15)21(28)30-4/h7,10,12,16-17H,5-6,8-9,11,13-14H2,1-4H3. The van der Waals surface area contributed by atoms with Crippen molar-refractivity contribution in [3.8, 4) is 0 Å². The van der Waals surface area contributed by atoms with Gasteiger partial charge in [-0.1, -0.05) is 6.07 Å². The number of benzene rings is 1. The lowest BCUT2D eigenvalue weighted by Crippen LogP contribution is -2.48. The number of carbonyl (C=O) groups is 3. The number of amides is 2. The lowest BCUT2D eigenvalue weighted by molar-refractivity contribution is -0.133. The predicted molar refractivity (Wildman–Crippen MR) is 112 cm³/mol. The van der Waals surface area contributed by atoms with Gasteiger partial charge < -0.3 is 14.4 Å². The number of piperidine rings is 1. The maximum atomic E-state index is 14.0. The summed E-state index contributed by atoms with van der Waals surface area (Å²) >= 11 is 0. The van der Waals surface area contributed by atoms with E-state index in [1.165, 1.54) is 24.1 Å². The van der Waals surface area contributed by atoms with E-state index in [1.807, 2.05) is 0 Å². The molecule has 1 heterocycles. The van der Waals surface area contributed by atoms with E-state index in [0.717, 1.165) is 31.2 Å². The molecule has 1 aliphatic carbocycles. The molecule has 0 N–H and O–H groups in total. The minimum Gasteiger partial charge on any atom is -0.465 e. The third-order valence-electron chi connectivity index (χ3n) is 5.56. The maximum Gasteiger partial charge on any atom is 0.411 e. The molecule has 1 saturated heterocycles. The molecule has 2 fully saturated rings. The van der Waals surface area contributed by atoms with E-state index in [-0.39, 0.29) is 30.0 Å². The van der Waals surface area contributed by atoms with Crippen molar-refractivity contribution >= 4 is 18.0 Å². The molecule has 0 spiro atoms. The largest absolute Gasteiger partial charge is 0.465 e. The summed E-state index contributed by atoms with van der Waals surface area (Å²) in [6.07, 6.45) is 2.91. The van der Waals surface area contributed by atoms with Crippen LogP contribution >= 0.6 is 0 Å². The molecular weight excluding hydrogens is 403 g/mol. The molecule has 31 heavy (non-hydrogen) atoms. The molecule has 2 aliphatic rings. The molecule has 170 valence electrons. The van der Waals surface area contributed by atoms with Gasteiger partial charge in [-0.05, 0) is 64.2 Å². The van der Waals surface area contributed by atoms with Crippen molar-refractivity contribution in [3.05, 3.63) is 35.1 Å². The Kier molecular flexibility index (Phi) is 6.86. The Hall–Kier alpha value is -2.64. The summed E-state index contributed by atoms with van der Waals surface area (Å²) in [5, 5.41) is 0. The van der Waals surface area contributed by atoms with Gasteiger partial charge in [0.2, 0.25) is 5.91 Å². The summed E-state index contributed by atoms with van der Waals surface area (Å²) in [5.41, 5.74) is 0.0717. The number of carbonyl (C=O) groups excluding carboxylic acids is 3. The van der Waals surface area contributed by atoms with E-state index in [4.69, 9.17) is 4.74 Å². The molecule has 2 amide bonds. The van der Waals surface area contributed by atoms with Crippen molar-refractivity contribution in [2.75, 3.05) is 26.7 Å². The Morgan fingerprint density at radius 1 is 1.19 bits per heavy atom. The van der Waals surface area contributed by atoms with Gasteiger partial charge in [-0.3, -0.25) is 9.69 Å². The highest BCUT2D eigenvalue weighted by Crippen LogP contribution is 2.31. The van der Waals surface area contributed by atoms with Crippen molar-refractivity contribution in [2.24, 2.45) is 0 Å². The Balaban J connectivity index is 1.68. The van der Waals surface area contributed by atoms with Crippen molar-refractivity contribution in [1.82, 2.24) is 9.80 Å². The molecule has 1 atom stereocenters. The number of halogens is 1. The zero-order valence-electron chi connectivity index (χ0n) is 18.7. The molecule has 0 aromatic heterocycles. The molecule has 1 aromatic rings. The number of likely N-dealkylation sites (tertiary alicyclic amines) is 1.